The van der Waals surface area contributed by atoms with Crippen molar-refractivity contribution in [3.63, 3.8) is 0 Å². The Hall–Kier alpha value is -0.730. The Morgan fingerprint density at radius 1 is 1.50 bits per heavy atom. The maximum atomic E-state index is 4.91. The Morgan fingerprint density at radius 2 is 2.38 bits per heavy atom. The summed E-state index contributed by atoms with van der Waals surface area (Å²) in [6.45, 7) is 1.92. The van der Waals surface area contributed by atoms with Gasteiger partial charge in [0, 0.05) is 0 Å². The first kappa shape index (κ1) is 5.41. The molecule has 0 bridgehead atoms. The molecule has 0 spiro atoms. The maximum Gasteiger partial charge on any atom is 0.0984 e. The number of allylic oxidation sites excluding steroid dienone is 2. The summed E-state index contributed by atoms with van der Waals surface area (Å²) in [5, 5.41) is 0.910. The lowest BCUT2D eigenvalue weighted by Gasteiger charge is -2.14. The van der Waals surface area contributed by atoms with Gasteiger partial charge in [-0.1, -0.05) is 6.08 Å². The van der Waals surface area contributed by atoms with Gasteiger partial charge in [-0.25, -0.2) is 9.90 Å². The normalized spacial score (nSPS) is 25.4. The zero-order valence-corrected chi connectivity index (χ0v) is 4.79. The van der Waals surface area contributed by atoms with Gasteiger partial charge in [0.1, 0.15) is 0 Å². The van der Waals surface area contributed by atoms with Crippen LogP contribution >= 0.6 is 0 Å². The predicted octanol–water partition coefficient (Wildman–Crippen LogP) is -0.322. The van der Waals surface area contributed by atoms with Gasteiger partial charge in [0.15, 0.2) is 0 Å². The molecule has 1 heterocycles. The van der Waals surface area contributed by atoms with Gasteiger partial charge in [-0.15, -0.1) is 0 Å². The van der Waals surface area contributed by atoms with Crippen LogP contribution in [0.1, 0.15) is 0 Å². The van der Waals surface area contributed by atoms with Crippen LogP contribution in [0.4, 0.5) is 0 Å². The monoisotopic (exact) mass is 111 g/mol. The van der Waals surface area contributed by atoms with Crippen molar-refractivity contribution in [2.24, 2.45) is 0 Å². The molecular formula is C6H9NO. The van der Waals surface area contributed by atoms with Crippen molar-refractivity contribution < 1.29 is 9.90 Å². The van der Waals surface area contributed by atoms with Gasteiger partial charge < -0.3 is 0 Å². The van der Waals surface area contributed by atoms with Crippen LogP contribution in [0.2, 0.25) is 0 Å². The molecular weight excluding hydrogens is 102 g/mol. The molecule has 2 nitrogen and oxygen atoms in total. The minimum Gasteiger partial charge on any atom is -0.214 e. The second kappa shape index (κ2) is 2.55. The van der Waals surface area contributed by atoms with Crippen LogP contribution in [0.5, 0.6) is 0 Å². The van der Waals surface area contributed by atoms with Gasteiger partial charge in [0.25, 0.3) is 0 Å². The molecule has 0 radical (unpaired) electrons. The fourth-order valence-corrected chi connectivity index (χ4v) is 0.557. The summed E-state index contributed by atoms with van der Waals surface area (Å²) in [5.41, 5.74) is 0. The molecule has 1 aliphatic rings. The van der Waals surface area contributed by atoms with E-state index in [9.17, 15) is 0 Å². The minimum atomic E-state index is 0.910. The molecule has 0 aromatic carbocycles. The molecule has 0 amide bonds. The lowest BCUT2D eigenvalue weighted by atomic mass is 10.4. The average molecular weight is 111 g/mol. The smallest absolute Gasteiger partial charge is 0.0984 e. The standard InChI is InChI=1S/C6H9NO/c1-8-7-5-3-2-4-6-7/h2-7H,1H3. The number of rotatable bonds is 1. The Labute approximate surface area is 49.0 Å². The van der Waals surface area contributed by atoms with Crippen molar-refractivity contribution in [1.82, 2.24) is 0 Å². The van der Waals surface area contributed by atoms with Gasteiger partial charge in [0.05, 0.1) is 13.3 Å². The van der Waals surface area contributed by atoms with Crippen molar-refractivity contribution in [1.29, 1.82) is 0 Å². The molecule has 0 aromatic heterocycles. The van der Waals surface area contributed by atoms with Crippen LogP contribution in [-0.2, 0) is 4.84 Å². The van der Waals surface area contributed by atoms with Crippen LogP contribution in [-0.4, -0.2) is 7.11 Å². The van der Waals surface area contributed by atoms with E-state index < -0.39 is 0 Å². The third-order valence-corrected chi connectivity index (χ3v) is 0.979. The molecule has 0 aliphatic carbocycles. The fraction of sp³-hybridized carbons (Fsp3) is 0.167. The van der Waals surface area contributed by atoms with E-state index in [1.807, 2.05) is 31.0 Å². The highest BCUT2D eigenvalue weighted by molar-refractivity contribution is 5.05. The van der Waals surface area contributed by atoms with Crippen LogP contribution in [0.25, 0.3) is 0 Å². The van der Waals surface area contributed by atoms with Crippen molar-refractivity contribution in [2.75, 3.05) is 7.11 Å². The van der Waals surface area contributed by atoms with Crippen molar-refractivity contribution in [3.8, 4) is 0 Å². The Bertz CT molecular complexity index is 118. The Kier molecular flexibility index (Phi) is 1.72. The van der Waals surface area contributed by atoms with E-state index in [0.29, 0.717) is 0 Å². The molecule has 1 aliphatic heterocycles. The van der Waals surface area contributed by atoms with E-state index in [-0.39, 0.29) is 0 Å². The Balaban J connectivity index is 2.40. The van der Waals surface area contributed by atoms with Crippen LogP contribution in [0.3, 0.4) is 0 Å². The summed E-state index contributed by atoms with van der Waals surface area (Å²) in [5.74, 6) is 0. The molecule has 2 heteroatoms. The third-order valence-electron chi connectivity index (χ3n) is 0.979. The average Bonchev–Trinajstić information content (AvgIpc) is 1.90. The Morgan fingerprint density at radius 3 is 2.75 bits per heavy atom. The van der Waals surface area contributed by atoms with E-state index in [0.717, 1.165) is 5.06 Å². The van der Waals surface area contributed by atoms with E-state index in [1.165, 1.54) is 0 Å². The quantitative estimate of drug-likeness (QED) is 0.458. The fourth-order valence-electron chi connectivity index (χ4n) is 0.557. The highest BCUT2D eigenvalue weighted by atomic mass is 16.7. The van der Waals surface area contributed by atoms with Gasteiger partial charge in [-0.05, 0) is 6.54 Å². The largest absolute Gasteiger partial charge is 0.214 e. The first-order chi connectivity index (χ1) is 3.93. The van der Waals surface area contributed by atoms with E-state index in [4.69, 9.17) is 4.84 Å². The molecule has 1 atom stereocenters. The van der Waals surface area contributed by atoms with Crippen molar-refractivity contribution >= 4 is 0 Å². The van der Waals surface area contributed by atoms with Gasteiger partial charge in [-0.3, -0.25) is 0 Å². The SMILES string of the molecule is CO[NH+]1C=CC=C[CH-]1. The first-order valence-electron chi connectivity index (χ1n) is 2.52. The molecule has 8 heavy (non-hydrogen) atoms. The highest BCUT2D eigenvalue weighted by Crippen LogP contribution is 1.79. The minimum absolute atomic E-state index is 0.910. The van der Waals surface area contributed by atoms with E-state index >= 15 is 0 Å². The highest BCUT2D eigenvalue weighted by Gasteiger charge is 1.92. The summed E-state index contributed by atoms with van der Waals surface area (Å²) >= 11 is 0. The topological polar surface area (TPSA) is 13.7 Å². The van der Waals surface area contributed by atoms with Crippen molar-refractivity contribution in [2.45, 2.75) is 0 Å². The summed E-state index contributed by atoms with van der Waals surface area (Å²) < 4.78 is 0. The molecule has 0 saturated heterocycles. The number of quaternary nitrogens is 1. The number of nitrogens with one attached hydrogen (secondary N) is 1. The predicted molar refractivity (Wildman–Crippen MR) is 30.6 cm³/mol. The zero-order chi connectivity index (χ0) is 5.82. The van der Waals surface area contributed by atoms with Gasteiger partial charge in [-0.2, -0.15) is 12.2 Å². The number of hydroxylamine groups is 2. The molecule has 44 valence electrons. The van der Waals surface area contributed by atoms with Crippen LogP contribution < -0.4 is 5.06 Å². The molecule has 0 fully saturated rings. The van der Waals surface area contributed by atoms with Crippen molar-refractivity contribution in [3.05, 3.63) is 31.0 Å². The van der Waals surface area contributed by atoms with Gasteiger partial charge >= 0.3 is 0 Å². The van der Waals surface area contributed by atoms with Gasteiger partial charge in [0.2, 0.25) is 0 Å². The first-order valence-corrected chi connectivity index (χ1v) is 2.52. The van der Waals surface area contributed by atoms with E-state index in [1.54, 1.807) is 7.11 Å². The summed E-state index contributed by atoms with van der Waals surface area (Å²) in [7, 11) is 1.66. The summed E-state index contributed by atoms with van der Waals surface area (Å²) in [6.07, 6.45) is 7.76. The third kappa shape index (κ3) is 1.12. The number of hydrogen-bond donors (Lipinski definition) is 1. The lowest BCUT2D eigenvalue weighted by molar-refractivity contribution is -1.02. The van der Waals surface area contributed by atoms with Crippen LogP contribution in [0.15, 0.2) is 24.4 Å². The molecule has 1 rings (SSSR count). The second-order valence-electron chi connectivity index (χ2n) is 1.52. The summed E-state index contributed by atoms with van der Waals surface area (Å²) in [6, 6.07) is 0. The zero-order valence-electron chi connectivity index (χ0n) is 4.79. The summed E-state index contributed by atoms with van der Waals surface area (Å²) in [4.78, 5) is 4.91. The molecule has 0 aromatic rings. The van der Waals surface area contributed by atoms with Crippen LogP contribution in [0, 0.1) is 6.54 Å². The second-order valence-corrected chi connectivity index (χ2v) is 1.52. The molecule has 1 N–H and O–H groups in total. The molecule has 1 unspecified atom stereocenters. The lowest BCUT2D eigenvalue weighted by Crippen LogP contribution is -3.03. The number of hydrogen-bond acceptors (Lipinski definition) is 1. The maximum absolute atomic E-state index is 4.91. The van der Waals surface area contributed by atoms with E-state index in [2.05, 4.69) is 0 Å². The molecule has 0 saturated carbocycles.